The van der Waals surface area contributed by atoms with Crippen LogP contribution in [-0.4, -0.2) is 51.6 Å². The minimum atomic E-state index is -0.619. The van der Waals surface area contributed by atoms with Crippen molar-refractivity contribution in [2.75, 3.05) is 49.2 Å². The average Bonchev–Trinajstić information content (AvgIpc) is 3.40. The number of benzene rings is 2. The van der Waals surface area contributed by atoms with E-state index in [1.807, 2.05) is 0 Å². The fourth-order valence-corrected chi connectivity index (χ4v) is 3.48. The molecule has 3 amide bonds. The summed E-state index contributed by atoms with van der Waals surface area (Å²) in [7, 11) is 1.51. The van der Waals surface area contributed by atoms with Gasteiger partial charge in [-0.05, 0) is 30.3 Å². The number of nitrogens with zero attached hydrogens (tertiary/aromatic N) is 1. The topological polar surface area (TPSA) is 115 Å². The maximum Gasteiger partial charge on any atom is 0.411 e. The molecule has 168 valence electrons. The summed E-state index contributed by atoms with van der Waals surface area (Å²) < 4.78 is 20.5. The van der Waals surface area contributed by atoms with Gasteiger partial charge in [-0.15, -0.1) is 0 Å². The molecule has 0 aromatic heterocycles. The molecule has 32 heavy (non-hydrogen) atoms. The molecule has 2 aromatic rings. The maximum absolute atomic E-state index is 12.8. The number of methoxy groups -OCH3 is 1. The average molecular weight is 441 g/mol. The number of rotatable bonds is 7. The lowest BCUT2D eigenvalue weighted by atomic mass is 10.1. The molecule has 10 heteroatoms. The summed E-state index contributed by atoms with van der Waals surface area (Å²) in [5, 5.41) is 5.40. The Morgan fingerprint density at radius 3 is 2.66 bits per heavy atom. The Morgan fingerprint density at radius 2 is 1.84 bits per heavy atom. The highest BCUT2D eigenvalue weighted by Crippen LogP contribution is 2.37. The second-order valence-electron chi connectivity index (χ2n) is 7.27. The molecule has 2 N–H and O–H groups in total. The molecular weight excluding hydrogens is 418 g/mol. The van der Waals surface area contributed by atoms with E-state index >= 15 is 0 Å². The van der Waals surface area contributed by atoms with Crippen molar-refractivity contribution in [3.05, 3.63) is 42.5 Å². The zero-order chi connectivity index (χ0) is 22.5. The Labute approximate surface area is 184 Å². The summed E-state index contributed by atoms with van der Waals surface area (Å²) in [6.07, 6.45) is -0.518. The molecule has 4 rings (SSSR count). The SMILES string of the molecule is COCCOC(=O)Nc1cccc(NC(=O)C2CC(=O)N(c3ccc4c(c3)OCO4)C2)c1. The normalized spacial score (nSPS) is 16.7. The molecule has 0 saturated carbocycles. The number of carbonyl (C=O) groups excluding carboxylic acids is 3. The van der Waals surface area contributed by atoms with E-state index < -0.39 is 12.0 Å². The van der Waals surface area contributed by atoms with Gasteiger partial charge in [-0.25, -0.2) is 4.79 Å². The van der Waals surface area contributed by atoms with E-state index in [2.05, 4.69) is 10.6 Å². The van der Waals surface area contributed by atoms with E-state index in [1.54, 1.807) is 47.4 Å². The zero-order valence-electron chi connectivity index (χ0n) is 17.5. The Kier molecular flexibility index (Phi) is 6.41. The molecule has 0 bridgehead atoms. The fourth-order valence-electron chi connectivity index (χ4n) is 3.48. The number of hydrogen-bond donors (Lipinski definition) is 2. The van der Waals surface area contributed by atoms with Crippen molar-refractivity contribution < 1.29 is 33.3 Å². The van der Waals surface area contributed by atoms with Crippen LogP contribution in [0.3, 0.4) is 0 Å². The maximum atomic E-state index is 12.8. The summed E-state index contributed by atoms with van der Waals surface area (Å²) in [4.78, 5) is 38.6. The zero-order valence-corrected chi connectivity index (χ0v) is 17.5. The number of anilines is 3. The van der Waals surface area contributed by atoms with Gasteiger partial charge in [0.05, 0.1) is 12.5 Å². The molecule has 2 aliphatic heterocycles. The standard InChI is InChI=1S/C22H23N3O7/c1-29-7-8-30-22(28)24-16-4-2-3-15(10-16)23-21(27)14-9-20(26)25(12-14)17-5-6-18-19(11-17)32-13-31-18/h2-6,10-11,14H,7-9,12-13H2,1H3,(H,23,27)(H,24,28). The number of amides is 3. The Morgan fingerprint density at radius 1 is 1.06 bits per heavy atom. The van der Waals surface area contributed by atoms with Crippen LogP contribution in [0, 0.1) is 5.92 Å². The largest absolute Gasteiger partial charge is 0.454 e. The molecule has 1 unspecified atom stereocenters. The lowest BCUT2D eigenvalue weighted by Crippen LogP contribution is -2.28. The second-order valence-corrected chi connectivity index (χ2v) is 7.27. The molecular formula is C22H23N3O7. The van der Waals surface area contributed by atoms with E-state index in [9.17, 15) is 14.4 Å². The van der Waals surface area contributed by atoms with Crippen LogP contribution in [0.5, 0.6) is 11.5 Å². The van der Waals surface area contributed by atoms with Gasteiger partial charge in [-0.2, -0.15) is 0 Å². The van der Waals surface area contributed by atoms with Crippen LogP contribution >= 0.6 is 0 Å². The Balaban J connectivity index is 1.35. The highest BCUT2D eigenvalue weighted by Gasteiger charge is 2.35. The van der Waals surface area contributed by atoms with Gasteiger partial charge in [0.25, 0.3) is 0 Å². The van der Waals surface area contributed by atoms with E-state index in [4.69, 9.17) is 18.9 Å². The van der Waals surface area contributed by atoms with Crippen LogP contribution < -0.4 is 25.0 Å². The van der Waals surface area contributed by atoms with Crippen LogP contribution in [0.25, 0.3) is 0 Å². The summed E-state index contributed by atoms with van der Waals surface area (Å²) in [5.41, 5.74) is 1.63. The quantitative estimate of drug-likeness (QED) is 0.635. The number of hydrogen-bond acceptors (Lipinski definition) is 7. The molecule has 2 aromatic carbocycles. The van der Waals surface area contributed by atoms with Gasteiger partial charge in [-0.3, -0.25) is 14.9 Å². The van der Waals surface area contributed by atoms with Crippen LogP contribution in [0.4, 0.5) is 21.9 Å². The van der Waals surface area contributed by atoms with Gasteiger partial charge in [0.2, 0.25) is 18.6 Å². The van der Waals surface area contributed by atoms with Crippen LogP contribution in [-0.2, 0) is 19.1 Å². The first-order chi connectivity index (χ1) is 15.5. The van der Waals surface area contributed by atoms with Gasteiger partial charge in [0.1, 0.15) is 6.61 Å². The highest BCUT2D eigenvalue weighted by atomic mass is 16.7. The van der Waals surface area contributed by atoms with E-state index in [1.165, 1.54) is 7.11 Å². The monoisotopic (exact) mass is 441 g/mol. The summed E-state index contributed by atoms with van der Waals surface area (Å²) in [5.74, 6) is 0.280. The van der Waals surface area contributed by atoms with E-state index in [0.717, 1.165) is 0 Å². The minimum Gasteiger partial charge on any atom is -0.454 e. The van der Waals surface area contributed by atoms with Crippen molar-refractivity contribution >= 4 is 35.0 Å². The molecule has 0 aliphatic carbocycles. The predicted molar refractivity (Wildman–Crippen MR) is 115 cm³/mol. The summed E-state index contributed by atoms with van der Waals surface area (Å²) in [6.45, 7) is 0.839. The molecule has 2 heterocycles. The molecule has 1 atom stereocenters. The van der Waals surface area contributed by atoms with E-state index in [0.29, 0.717) is 35.2 Å². The molecule has 1 saturated heterocycles. The van der Waals surface area contributed by atoms with Gasteiger partial charge in [0.15, 0.2) is 11.5 Å². The molecule has 0 spiro atoms. The molecule has 10 nitrogen and oxygen atoms in total. The van der Waals surface area contributed by atoms with Crippen LogP contribution in [0.15, 0.2) is 42.5 Å². The van der Waals surface area contributed by atoms with Crippen molar-refractivity contribution in [1.82, 2.24) is 0 Å². The first kappa shape index (κ1) is 21.4. The van der Waals surface area contributed by atoms with E-state index in [-0.39, 0.29) is 38.2 Å². The fraction of sp³-hybridized carbons (Fsp3) is 0.318. The Hall–Kier alpha value is -3.79. The summed E-state index contributed by atoms with van der Waals surface area (Å²) in [6, 6.07) is 11.9. The first-order valence-corrected chi connectivity index (χ1v) is 10.1. The van der Waals surface area contributed by atoms with Gasteiger partial charge in [0, 0.05) is 43.2 Å². The number of fused-ring (bicyclic) bond motifs is 1. The summed E-state index contributed by atoms with van der Waals surface area (Å²) >= 11 is 0. The van der Waals surface area contributed by atoms with Crippen molar-refractivity contribution in [2.45, 2.75) is 6.42 Å². The highest BCUT2D eigenvalue weighted by molar-refractivity contribution is 6.03. The number of carbonyl (C=O) groups is 3. The Bertz CT molecular complexity index is 1030. The van der Waals surface area contributed by atoms with Gasteiger partial charge in [-0.1, -0.05) is 6.07 Å². The molecule has 2 aliphatic rings. The lowest BCUT2D eigenvalue weighted by molar-refractivity contribution is -0.122. The van der Waals surface area contributed by atoms with Crippen molar-refractivity contribution in [2.24, 2.45) is 5.92 Å². The van der Waals surface area contributed by atoms with Crippen molar-refractivity contribution in [3.63, 3.8) is 0 Å². The minimum absolute atomic E-state index is 0.101. The second kappa shape index (κ2) is 9.56. The first-order valence-electron chi connectivity index (χ1n) is 10.1. The third kappa shape index (κ3) is 4.92. The van der Waals surface area contributed by atoms with Crippen LogP contribution in [0.2, 0.25) is 0 Å². The van der Waals surface area contributed by atoms with Gasteiger partial charge >= 0.3 is 6.09 Å². The van der Waals surface area contributed by atoms with Gasteiger partial charge < -0.3 is 29.2 Å². The number of ether oxygens (including phenoxy) is 4. The predicted octanol–water partition coefficient (Wildman–Crippen LogP) is 2.60. The lowest BCUT2D eigenvalue weighted by Gasteiger charge is -2.17. The van der Waals surface area contributed by atoms with Crippen LogP contribution in [0.1, 0.15) is 6.42 Å². The number of nitrogens with one attached hydrogen (secondary N) is 2. The third-order valence-corrected chi connectivity index (χ3v) is 5.06. The van der Waals surface area contributed by atoms with Crippen molar-refractivity contribution in [3.8, 4) is 11.5 Å². The van der Waals surface area contributed by atoms with Crippen molar-refractivity contribution in [1.29, 1.82) is 0 Å². The molecule has 0 radical (unpaired) electrons. The third-order valence-electron chi connectivity index (χ3n) is 5.06. The smallest absolute Gasteiger partial charge is 0.411 e. The molecule has 1 fully saturated rings.